The Morgan fingerprint density at radius 3 is 2.73 bits per heavy atom. The number of ether oxygens (including phenoxy) is 1. The second-order valence-electron chi connectivity index (χ2n) is 2.20. The van der Waals surface area contributed by atoms with Crippen molar-refractivity contribution < 1.29 is 4.74 Å². The third-order valence-electron chi connectivity index (χ3n) is 0.819. The summed E-state index contributed by atoms with van der Waals surface area (Å²) >= 11 is 0. The van der Waals surface area contributed by atoms with Crippen LogP contribution in [0.15, 0.2) is 4.99 Å². The summed E-state index contributed by atoms with van der Waals surface area (Å²) in [6.07, 6.45) is 1.75. The van der Waals surface area contributed by atoms with Gasteiger partial charge < -0.3 is 4.74 Å². The Balaban J connectivity index is 3.99. The summed E-state index contributed by atoms with van der Waals surface area (Å²) in [6.45, 7) is 6.19. The summed E-state index contributed by atoms with van der Waals surface area (Å²) in [5.74, 6) is 0. The van der Waals surface area contributed by atoms with Crippen LogP contribution in [0.1, 0.15) is 20.8 Å². The summed E-state index contributed by atoms with van der Waals surface area (Å²) in [7, 11) is 0. The smallest absolute Gasteiger partial charge is 0.298 e. The second-order valence-corrected chi connectivity index (χ2v) is 2.20. The van der Waals surface area contributed by atoms with Gasteiger partial charge in [-0.3, -0.25) is 0 Å². The van der Waals surface area contributed by atoms with E-state index < -0.39 is 0 Å². The normalized spacial score (nSPS) is 11.0. The van der Waals surface area contributed by atoms with Crippen molar-refractivity contribution >= 4 is 6.02 Å². The lowest BCUT2D eigenvalue weighted by molar-refractivity contribution is 0.312. The predicted molar refractivity (Wildman–Crippen MR) is 42.9 cm³/mol. The lowest BCUT2D eigenvalue weighted by Gasteiger charge is -2.05. The van der Waals surface area contributed by atoms with Crippen LogP contribution >= 0.6 is 0 Å². The van der Waals surface area contributed by atoms with Crippen molar-refractivity contribution in [3.63, 3.8) is 0 Å². The summed E-state index contributed by atoms with van der Waals surface area (Å²) in [5, 5.41) is 10.6. The molecule has 0 fully saturated rings. The Labute approximate surface area is 66.9 Å². The number of aliphatic imine (C=N–C) groups is 1. The maximum Gasteiger partial charge on any atom is 0.298 e. The van der Waals surface area contributed by atoms with Gasteiger partial charge in [-0.15, -0.1) is 0 Å². The number of nitriles is 1. The van der Waals surface area contributed by atoms with Gasteiger partial charge in [0.2, 0.25) is 0 Å². The fraction of sp³-hybridized carbons (Fsp3) is 0.714. The first-order chi connectivity index (χ1) is 5.20. The Hall–Kier alpha value is -1.24. The van der Waals surface area contributed by atoms with Gasteiger partial charge in [0, 0.05) is 6.04 Å². The van der Waals surface area contributed by atoms with Crippen LogP contribution in [-0.2, 0) is 4.74 Å². The summed E-state index contributed by atoms with van der Waals surface area (Å²) in [5.41, 5.74) is 0. The lowest BCUT2D eigenvalue weighted by Crippen LogP contribution is -2.22. The van der Waals surface area contributed by atoms with Gasteiger partial charge in [-0.1, -0.05) is 0 Å². The third-order valence-corrected chi connectivity index (χ3v) is 0.819. The molecule has 4 heteroatoms. The van der Waals surface area contributed by atoms with Gasteiger partial charge in [-0.05, 0) is 20.8 Å². The van der Waals surface area contributed by atoms with Crippen molar-refractivity contribution in [2.45, 2.75) is 26.8 Å². The number of hydrogen-bond donors (Lipinski definition) is 1. The highest BCUT2D eigenvalue weighted by atomic mass is 16.5. The molecule has 0 bridgehead atoms. The average molecular weight is 155 g/mol. The molecule has 0 aliphatic rings. The quantitative estimate of drug-likeness (QED) is 0.278. The summed E-state index contributed by atoms with van der Waals surface area (Å²) < 4.78 is 5.01. The zero-order chi connectivity index (χ0) is 8.69. The highest BCUT2D eigenvalue weighted by Crippen LogP contribution is 1.87. The minimum atomic E-state index is 0.136. The first-order valence-corrected chi connectivity index (χ1v) is 3.56. The molecule has 0 amide bonds. The maximum atomic E-state index is 8.25. The zero-order valence-corrected chi connectivity index (χ0v) is 7.09. The molecular formula is C7H13N3O. The fourth-order valence-corrected chi connectivity index (χ4v) is 0.525. The van der Waals surface area contributed by atoms with E-state index in [-0.39, 0.29) is 6.04 Å². The van der Waals surface area contributed by atoms with E-state index in [2.05, 4.69) is 10.3 Å². The fourth-order valence-electron chi connectivity index (χ4n) is 0.525. The van der Waals surface area contributed by atoms with Crippen molar-refractivity contribution in [3.8, 4) is 6.19 Å². The largest absolute Gasteiger partial charge is 0.465 e. The summed E-state index contributed by atoms with van der Waals surface area (Å²) in [4.78, 5) is 4.02. The van der Waals surface area contributed by atoms with Gasteiger partial charge in [-0.2, -0.15) is 5.26 Å². The first-order valence-electron chi connectivity index (χ1n) is 3.56. The highest BCUT2D eigenvalue weighted by Gasteiger charge is 1.97. The molecule has 0 heterocycles. The number of rotatable bonds is 2. The van der Waals surface area contributed by atoms with Crippen LogP contribution in [0.3, 0.4) is 0 Å². The standard InChI is InChI=1S/C7H13N3O/c1-4-11-7(9-5-8)10-6(2)3/h6H,4H2,1-3H3,(H,9,10). The topological polar surface area (TPSA) is 57.4 Å². The van der Waals surface area contributed by atoms with Crippen molar-refractivity contribution in [1.82, 2.24) is 5.32 Å². The molecule has 0 atom stereocenters. The molecule has 0 radical (unpaired) electrons. The van der Waals surface area contributed by atoms with Crippen molar-refractivity contribution in [1.29, 1.82) is 5.26 Å². The van der Waals surface area contributed by atoms with Gasteiger partial charge in [0.15, 0.2) is 6.19 Å². The van der Waals surface area contributed by atoms with E-state index in [0.717, 1.165) is 0 Å². The van der Waals surface area contributed by atoms with Crippen LogP contribution in [-0.4, -0.2) is 18.7 Å². The Morgan fingerprint density at radius 2 is 2.36 bits per heavy atom. The third kappa shape index (κ3) is 5.22. The average Bonchev–Trinajstić information content (AvgIpc) is 1.87. The van der Waals surface area contributed by atoms with E-state index in [1.54, 1.807) is 6.19 Å². The maximum absolute atomic E-state index is 8.25. The van der Waals surface area contributed by atoms with Gasteiger partial charge in [0.25, 0.3) is 6.02 Å². The van der Waals surface area contributed by atoms with Gasteiger partial charge in [-0.25, -0.2) is 10.3 Å². The number of hydrogen-bond acceptors (Lipinski definition) is 3. The molecule has 0 aromatic rings. The van der Waals surface area contributed by atoms with E-state index in [9.17, 15) is 0 Å². The molecule has 62 valence electrons. The lowest BCUT2D eigenvalue weighted by atomic mass is 10.4. The van der Waals surface area contributed by atoms with Crippen LogP contribution < -0.4 is 5.32 Å². The molecule has 0 rings (SSSR count). The number of nitrogens with one attached hydrogen (secondary N) is 1. The first kappa shape index (κ1) is 9.76. The van der Waals surface area contributed by atoms with E-state index in [1.165, 1.54) is 0 Å². The van der Waals surface area contributed by atoms with Crippen LogP contribution in [0.4, 0.5) is 0 Å². The van der Waals surface area contributed by atoms with E-state index in [0.29, 0.717) is 12.6 Å². The minimum Gasteiger partial charge on any atom is -0.465 e. The Kier molecular flexibility index (Phi) is 4.91. The molecule has 0 aromatic heterocycles. The molecule has 0 aromatic carbocycles. The van der Waals surface area contributed by atoms with Crippen LogP contribution in [0.2, 0.25) is 0 Å². The SMILES string of the molecule is CCOC(=NC(C)C)NC#N. The Bertz CT molecular complexity index is 169. The monoisotopic (exact) mass is 155 g/mol. The second kappa shape index (κ2) is 5.54. The van der Waals surface area contributed by atoms with E-state index in [4.69, 9.17) is 10.00 Å². The van der Waals surface area contributed by atoms with Crippen molar-refractivity contribution in [2.75, 3.05) is 6.61 Å². The van der Waals surface area contributed by atoms with Crippen molar-refractivity contribution in [3.05, 3.63) is 0 Å². The van der Waals surface area contributed by atoms with Crippen LogP contribution in [0.5, 0.6) is 0 Å². The van der Waals surface area contributed by atoms with Gasteiger partial charge in [0.1, 0.15) is 0 Å². The molecule has 0 aliphatic heterocycles. The number of amidine groups is 1. The minimum absolute atomic E-state index is 0.136. The molecule has 0 saturated carbocycles. The predicted octanol–water partition coefficient (Wildman–Crippen LogP) is 0.858. The van der Waals surface area contributed by atoms with E-state index >= 15 is 0 Å². The molecular weight excluding hydrogens is 142 g/mol. The molecule has 4 nitrogen and oxygen atoms in total. The van der Waals surface area contributed by atoms with Crippen LogP contribution in [0.25, 0.3) is 0 Å². The van der Waals surface area contributed by atoms with Gasteiger partial charge in [0.05, 0.1) is 6.61 Å². The van der Waals surface area contributed by atoms with Crippen molar-refractivity contribution in [2.24, 2.45) is 4.99 Å². The summed E-state index contributed by atoms with van der Waals surface area (Å²) in [6, 6.07) is 0.433. The highest BCUT2D eigenvalue weighted by molar-refractivity contribution is 5.75. The zero-order valence-electron chi connectivity index (χ0n) is 7.09. The molecule has 0 saturated heterocycles. The Morgan fingerprint density at radius 1 is 1.73 bits per heavy atom. The van der Waals surface area contributed by atoms with E-state index in [1.807, 2.05) is 20.8 Å². The van der Waals surface area contributed by atoms with Crippen LogP contribution in [0, 0.1) is 11.5 Å². The molecule has 0 unspecified atom stereocenters. The molecule has 0 aliphatic carbocycles. The molecule has 11 heavy (non-hydrogen) atoms. The molecule has 0 spiro atoms. The van der Waals surface area contributed by atoms with Gasteiger partial charge >= 0.3 is 0 Å². The number of nitrogens with zero attached hydrogens (tertiary/aromatic N) is 2. The molecule has 1 N–H and O–H groups in total.